The van der Waals surface area contributed by atoms with Gasteiger partial charge in [0.05, 0.1) is 11.9 Å². The predicted octanol–water partition coefficient (Wildman–Crippen LogP) is -0.986. The molecule has 0 aliphatic carbocycles. The lowest BCUT2D eigenvalue weighted by molar-refractivity contribution is -0.122. The van der Waals surface area contributed by atoms with E-state index in [-0.39, 0.29) is 25.1 Å². The molecule has 4 N–H and O–H groups in total. The Kier molecular flexibility index (Phi) is 5.58. The number of aliphatic hydroxyl groups excluding tert-OH is 1. The summed E-state index contributed by atoms with van der Waals surface area (Å²) >= 11 is 0. The molecule has 1 aromatic rings. The van der Waals surface area contributed by atoms with Crippen molar-refractivity contribution in [2.45, 2.75) is 38.9 Å². The van der Waals surface area contributed by atoms with Crippen molar-refractivity contribution in [3.8, 4) is 0 Å². The van der Waals surface area contributed by atoms with Crippen molar-refractivity contribution in [1.29, 1.82) is 0 Å². The maximum Gasteiger partial charge on any atom is 0.242 e. The standard InChI is InChI=1S/C10H19N5O2/c1-8(3-2-4-16)12-10(17)7-15-6-9(5-11)13-14-15/h6,8,16H,2-5,7,11H2,1H3,(H,12,17). The van der Waals surface area contributed by atoms with Crippen molar-refractivity contribution in [3.63, 3.8) is 0 Å². The van der Waals surface area contributed by atoms with Crippen molar-refractivity contribution in [2.24, 2.45) is 5.73 Å². The summed E-state index contributed by atoms with van der Waals surface area (Å²) in [5.74, 6) is -0.121. The van der Waals surface area contributed by atoms with Crippen LogP contribution in [-0.2, 0) is 17.9 Å². The van der Waals surface area contributed by atoms with Gasteiger partial charge in [-0.2, -0.15) is 0 Å². The molecular weight excluding hydrogens is 222 g/mol. The third kappa shape index (κ3) is 4.92. The molecule has 1 heterocycles. The summed E-state index contributed by atoms with van der Waals surface area (Å²) in [4.78, 5) is 11.6. The lowest BCUT2D eigenvalue weighted by atomic mass is 10.2. The Morgan fingerprint density at radius 3 is 3.06 bits per heavy atom. The summed E-state index contributed by atoms with van der Waals surface area (Å²) < 4.78 is 1.45. The quantitative estimate of drug-likeness (QED) is 0.568. The molecule has 0 fully saturated rings. The van der Waals surface area contributed by atoms with Crippen LogP contribution in [-0.4, -0.2) is 38.7 Å². The Morgan fingerprint density at radius 1 is 1.71 bits per heavy atom. The maximum atomic E-state index is 11.6. The van der Waals surface area contributed by atoms with Crippen LogP contribution in [0.2, 0.25) is 0 Å². The molecule has 0 radical (unpaired) electrons. The number of carbonyl (C=O) groups is 1. The molecule has 1 amide bonds. The number of amides is 1. The molecule has 96 valence electrons. The van der Waals surface area contributed by atoms with Gasteiger partial charge in [-0.25, -0.2) is 4.68 Å². The Balaban J connectivity index is 2.33. The van der Waals surface area contributed by atoms with Crippen LogP contribution in [0.15, 0.2) is 6.20 Å². The SMILES string of the molecule is CC(CCCO)NC(=O)Cn1cc(CN)nn1. The third-order valence-corrected chi connectivity index (χ3v) is 2.30. The van der Waals surface area contributed by atoms with Crippen LogP contribution in [0.1, 0.15) is 25.5 Å². The highest BCUT2D eigenvalue weighted by Crippen LogP contribution is 1.96. The number of nitrogens with two attached hydrogens (primary N) is 1. The number of hydrogen-bond acceptors (Lipinski definition) is 5. The summed E-state index contributed by atoms with van der Waals surface area (Å²) in [5, 5.41) is 19.1. The Morgan fingerprint density at radius 2 is 2.47 bits per heavy atom. The Hall–Kier alpha value is -1.47. The van der Waals surface area contributed by atoms with Gasteiger partial charge in [0.1, 0.15) is 6.54 Å². The monoisotopic (exact) mass is 241 g/mol. The van der Waals surface area contributed by atoms with Gasteiger partial charge >= 0.3 is 0 Å². The molecule has 0 aliphatic rings. The van der Waals surface area contributed by atoms with Gasteiger partial charge in [-0.15, -0.1) is 5.10 Å². The minimum Gasteiger partial charge on any atom is -0.396 e. The van der Waals surface area contributed by atoms with Gasteiger partial charge in [-0.3, -0.25) is 4.79 Å². The number of aromatic nitrogens is 3. The Labute approximate surface area is 100.0 Å². The molecule has 1 rings (SSSR count). The van der Waals surface area contributed by atoms with Crippen molar-refractivity contribution < 1.29 is 9.90 Å². The zero-order chi connectivity index (χ0) is 12.7. The minimum atomic E-state index is -0.121. The molecule has 1 unspecified atom stereocenters. The van der Waals surface area contributed by atoms with Gasteiger partial charge < -0.3 is 16.2 Å². The molecule has 0 saturated heterocycles. The molecule has 1 atom stereocenters. The second kappa shape index (κ2) is 6.97. The average Bonchev–Trinajstić information content (AvgIpc) is 2.73. The summed E-state index contributed by atoms with van der Waals surface area (Å²) in [7, 11) is 0. The number of nitrogens with zero attached hydrogens (tertiary/aromatic N) is 3. The second-order valence-electron chi connectivity index (χ2n) is 3.95. The smallest absolute Gasteiger partial charge is 0.242 e. The van der Waals surface area contributed by atoms with Crippen molar-refractivity contribution >= 4 is 5.91 Å². The zero-order valence-corrected chi connectivity index (χ0v) is 9.96. The van der Waals surface area contributed by atoms with E-state index in [2.05, 4.69) is 15.6 Å². The summed E-state index contributed by atoms with van der Waals surface area (Å²) in [6, 6.07) is 0.0483. The first-order valence-corrected chi connectivity index (χ1v) is 5.65. The van der Waals surface area contributed by atoms with Crippen LogP contribution in [0, 0.1) is 0 Å². The molecule has 0 saturated carbocycles. The lowest BCUT2D eigenvalue weighted by Crippen LogP contribution is -2.35. The largest absolute Gasteiger partial charge is 0.396 e. The molecule has 0 bridgehead atoms. The third-order valence-electron chi connectivity index (χ3n) is 2.30. The molecule has 0 spiro atoms. The van der Waals surface area contributed by atoms with E-state index in [0.29, 0.717) is 18.7 Å². The van der Waals surface area contributed by atoms with E-state index in [4.69, 9.17) is 10.8 Å². The van der Waals surface area contributed by atoms with Gasteiger partial charge in [-0.1, -0.05) is 5.21 Å². The molecule has 7 heteroatoms. The number of rotatable bonds is 7. The van der Waals surface area contributed by atoms with E-state index < -0.39 is 0 Å². The normalized spacial score (nSPS) is 12.4. The number of hydrogen-bond donors (Lipinski definition) is 3. The molecule has 17 heavy (non-hydrogen) atoms. The highest BCUT2D eigenvalue weighted by atomic mass is 16.3. The van der Waals surface area contributed by atoms with Gasteiger partial charge in [0.25, 0.3) is 0 Å². The van der Waals surface area contributed by atoms with E-state index in [1.807, 2.05) is 6.92 Å². The first-order chi connectivity index (χ1) is 8.15. The van der Waals surface area contributed by atoms with Crippen LogP contribution >= 0.6 is 0 Å². The molecular formula is C10H19N5O2. The van der Waals surface area contributed by atoms with Crippen LogP contribution in [0.25, 0.3) is 0 Å². The lowest BCUT2D eigenvalue weighted by Gasteiger charge is -2.12. The molecule has 0 aliphatic heterocycles. The number of aliphatic hydroxyl groups is 1. The van der Waals surface area contributed by atoms with E-state index in [1.165, 1.54) is 4.68 Å². The zero-order valence-electron chi connectivity index (χ0n) is 9.96. The van der Waals surface area contributed by atoms with Gasteiger partial charge in [-0.05, 0) is 19.8 Å². The fourth-order valence-corrected chi connectivity index (χ4v) is 1.45. The maximum absolute atomic E-state index is 11.6. The fourth-order valence-electron chi connectivity index (χ4n) is 1.45. The second-order valence-corrected chi connectivity index (χ2v) is 3.95. The number of carbonyl (C=O) groups excluding carboxylic acids is 1. The van der Waals surface area contributed by atoms with E-state index in [0.717, 1.165) is 6.42 Å². The van der Waals surface area contributed by atoms with E-state index >= 15 is 0 Å². The predicted molar refractivity (Wildman–Crippen MR) is 61.8 cm³/mol. The van der Waals surface area contributed by atoms with E-state index in [9.17, 15) is 4.79 Å². The fraction of sp³-hybridized carbons (Fsp3) is 0.700. The summed E-state index contributed by atoms with van der Waals surface area (Å²) in [6.07, 6.45) is 3.09. The van der Waals surface area contributed by atoms with Crippen molar-refractivity contribution in [1.82, 2.24) is 20.3 Å². The highest BCUT2D eigenvalue weighted by molar-refractivity contribution is 5.75. The van der Waals surface area contributed by atoms with Crippen LogP contribution in [0.4, 0.5) is 0 Å². The van der Waals surface area contributed by atoms with Gasteiger partial charge in [0, 0.05) is 19.2 Å². The van der Waals surface area contributed by atoms with Crippen molar-refractivity contribution in [2.75, 3.05) is 6.61 Å². The number of nitrogens with one attached hydrogen (secondary N) is 1. The van der Waals surface area contributed by atoms with E-state index in [1.54, 1.807) is 6.20 Å². The van der Waals surface area contributed by atoms with Crippen molar-refractivity contribution in [3.05, 3.63) is 11.9 Å². The first kappa shape index (κ1) is 13.6. The highest BCUT2D eigenvalue weighted by Gasteiger charge is 2.08. The van der Waals surface area contributed by atoms with Crippen LogP contribution in [0.3, 0.4) is 0 Å². The topological polar surface area (TPSA) is 106 Å². The molecule has 0 aromatic carbocycles. The summed E-state index contributed by atoms with van der Waals surface area (Å²) in [5.41, 5.74) is 6.05. The summed E-state index contributed by atoms with van der Waals surface area (Å²) in [6.45, 7) is 2.49. The molecule has 7 nitrogen and oxygen atoms in total. The minimum absolute atomic E-state index is 0.0483. The van der Waals surface area contributed by atoms with Gasteiger partial charge in [0.15, 0.2) is 0 Å². The molecule has 1 aromatic heterocycles. The Bertz CT molecular complexity index is 352. The first-order valence-electron chi connectivity index (χ1n) is 5.65. The average molecular weight is 241 g/mol. The van der Waals surface area contributed by atoms with Crippen LogP contribution < -0.4 is 11.1 Å². The van der Waals surface area contributed by atoms with Gasteiger partial charge in [0.2, 0.25) is 5.91 Å². The van der Waals surface area contributed by atoms with Crippen LogP contribution in [0.5, 0.6) is 0 Å².